The fourth-order valence-corrected chi connectivity index (χ4v) is 3.30. The number of carbonyl (C=O) groups is 2. The molecule has 1 aliphatic rings. The van der Waals surface area contributed by atoms with Crippen molar-refractivity contribution >= 4 is 29.0 Å². The zero-order valence-electron chi connectivity index (χ0n) is 14.4. The van der Waals surface area contributed by atoms with E-state index in [-0.39, 0.29) is 23.6 Å². The number of nitrogens with zero attached hydrogens (tertiary/aromatic N) is 1. The summed E-state index contributed by atoms with van der Waals surface area (Å²) in [7, 11) is 0. The van der Waals surface area contributed by atoms with Crippen molar-refractivity contribution in [3.05, 3.63) is 33.7 Å². The quantitative estimate of drug-likeness (QED) is 0.594. The summed E-state index contributed by atoms with van der Waals surface area (Å²) in [5.41, 5.74) is 2.98. The molecule has 0 N–H and O–H groups in total. The number of terminal acetylenes is 1. The lowest BCUT2D eigenvalue weighted by Crippen LogP contribution is -2.28. The van der Waals surface area contributed by atoms with Crippen LogP contribution in [0.15, 0.2) is 17.0 Å². The summed E-state index contributed by atoms with van der Waals surface area (Å²) in [5.74, 6) is 3.16. The molecular formula is C19H21NO3S. The van der Waals surface area contributed by atoms with Crippen molar-refractivity contribution in [2.75, 3.05) is 13.2 Å². The van der Waals surface area contributed by atoms with Gasteiger partial charge in [-0.25, -0.2) is 0 Å². The van der Waals surface area contributed by atoms with E-state index in [9.17, 15) is 9.59 Å². The molecule has 0 radical (unpaired) electrons. The molecule has 0 spiro atoms. The Labute approximate surface area is 147 Å². The summed E-state index contributed by atoms with van der Waals surface area (Å²) in [4.78, 5) is 25.7. The van der Waals surface area contributed by atoms with Gasteiger partial charge in [0.05, 0.1) is 18.1 Å². The number of ether oxygens (including phenoxy) is 1. The Morgan fingerprint density at radius 3 is 2.67 bits per heavy atom. The smallest absolute Gasteiger partial charge is 0.294 e. The van der Waals surface area contributed by atoms with Crippen molar-refractivity contribution in [1.29, 1.82) is 0 Å². The first-order valence-electron chi connectivity index (χ1n) is 7.85. The fourth-order valence-electron chi connectivity index (χ4n) is 2.47. The Morgan fingerprint density at radius 1 is 1.38 bits per heavy atom. The third kappa shape index (κ3) is 3.65. The predicted molar refractivity (Wildman–Crippen MR) is 97.9 cm³/mol. The van der Waals surface area contributed by atoms with Gasteiger partial charge >= 0.3 is 0 Å². The van der Waals surface area contributed by atoms with Gasteiger partial charge in [-0.1, -0.05) is 19.8 Å². The van der Waals surface area contributed by atoms with Crippen LogP contribution in [0.4, 0.5) is 4.79 Å². The van der Waals surface area contributed by atoms with Gasteiger partial charge in [0.1, 0.15) is 5.75 Å². The number of carbonyl (C=O) groups excluding carboxylic acids is 2. The molecule has 0 aliphatic carbocycles. The molecule has 0 aromatic heterocycles. The van der Waals surface area contributed by atoms with Gasteiger partial charge in [0, 0.05) is 0 Å². The lowest BCUT2D eigenvalue weighted by molar-refractivity contribution is -0.122. The monoisotopic (exact) mass is 343 g/mol. The van der Waals surface area contributed by atoms with Crippen LogP contribution in [0.2, 0.25) is 0 Å². The Morgan fingerprint density at radius 2 is 2.08 bits per heavy atom. The Balaban J connectivity index is 2.43. The predicted octanol–water partition coefficient (Wildman–Crippen LogP) is 4.19. The van der Waals surface area contributed by atoms with Crippen LogP contribution in [-0.2, 0) is 4.79 Å². The highest BCUT2D eigenvalue weighted by Gasteiger charge is 2.34. The van der Waals surface area contributed by atoms with Gasteiger partial charge in [0.25, 0.3) is 11.1 Å². The lowest BCUT2D eigenvalue weighted by atomic mass is 9.96. The highest BCUT2D eigenvalue weighted by Crippen LogP contribution is 2.35. The third-order valence-electron chi connectivity index (χ3n) is 3.73. The molecule has 1 heterocycles. The van der Waals surface area contributed by atoms with Crippen molar-refractivity contribution < 1.29 is 14.3 Å². The summed E-state index contributed by atoms with van der Waals surface area (Å²) in [6.45, 7) is 8.71. The second-order valence-electron chi connectivity index (χ2n) is 5.81. The third-order valence-corrected chi connectivity index (χ3v) is 4.64. The largest absolute Gasteiger partial charge is 0.494 e. The molecule has 2 rings (SSSR count). The van der Waals surface area contributed by atoms with Crippen molar-refractivity contribution in [1.82, 2.24) is 4.90 Å². The van der Waals surface area contributed by atoms with Crippen molar-refractivity contribution in [3.8, 4) is 18.1 Å². The van der Waals surface area contributed by atoms with Crippen LogP contribution in [0.1, 0.15) is 43.4 Å². The van der Waals surface area contributed by atoms with Gasteiger partial charge in [0.15, 0.2) is 0 Å². The molecule has 0 atom stereocenters. The molecule has 1 aliphatic heterocycles. The van der Waals surface area contributed by atoms with Gasteiger partial charge in [-0.05, 0) is 66.4 Å². The Kier molecular flexibility index (Phi) is 5.74. The molecular weight excluding hydrogens is 322 g/mol. The molecule has 1 saturated heterocycles. The molecule has 126 valence electrons. The van der Waals surface area contributed by atoms with Gasteiger partial charge in [-0.15, -0.1) is 6.42 Å². The normalized spacial score (nSPS) is 16.2. The molecule has 24 heavy (non-hydrogen) atoms. The molecule has 5 heteroatoms. The molecule has 2 amide bonds. The standard InChI is InChI=1S/C19H21NO3S/c1-6-8-20-18(21)17(24-19(20)22)11-14-10-15(12(3)4)16(23-7-2)9-13(14)5/h1,9-12H,7-8H2,2-5H3. The summed E-state index contributed by atoms with van der Waals surface area (Å²) in [5, 5.41) is -0.322. The number of hydrogen-bond donors (Lipinski definition) is 0. The highest BCUT2D eigenvalue weighted by atomic mass is 32.2. The second kappa shape index (κ2) is 7.59. The first-order valence-corrected chi connectivity index (χ1v) is 8.66. The topological polar surface area (TPSA) is 46.6 Å². The van der Waals surface area contributed by atoms with Crippen LogP contribution in [-0.4, -0.2) is 29.2 Å². The van der Waals surface area contributed by atoms with Crippen molar-refractivity contribution in [2.24, 2.45) is 0 Å². The first kappa shape index (κ1) is 18.2. The number of amides is 2. The minimum atomic E-state index is -0.331. The van der Waals surface area contributed by atoms with E-state index in [4.69, 9.17) is 11.2 Å². The summed E-state index contributed by atoms with van der Waals surface area (Å²) >= 11 is 0.926. The minimum Gasteiger partial charge on any atom is -0.494 e. The molecule has 0 bridgehead atoms. The van der Waals surface area contributed by atoms with E-state index in [2.05, 4.69) is 19.8 Å². The van der Waals surface area contributed by atoms with Crippen LogP contribution < -0.4 is 4.74 Å². The maximum absolute atomic E-state index is 12.3. The maximum atomic E-state index is 12.3. The van der Waals surface area contributed by atoms with E-state index in [1.165, 1.54) is 0 Å². The molecule has 1 fully saturated rings. The number of aryl methyl sites for hydroxylation is 1. The number of imide groups is 1. The van der Waals surface area contributed by atoms with E-state index in [1.54, 1.807) is 6.08 Å². The average molecular weight is 343 g/mol. The molecule has 0 unspecified atom stereocenters. The fraction of sp³-hybridized carbons (Fsp3) is 0.368. The SMILES string of the molecule is C#CCN1C(=O)SC(=Cc2cc(C(C)C)c(OCC)cc2C)C1=O. The van der Waals surface area contributed by atoms with Crippen molar-refractivity contribution in [3.63, 3.8) is 0 Å². The number of benzene rings is 1. The molecule has 1 aromatic rings. The summed E-state index contributed by atoms with van der Waals surface area (Å²) < 4.78 is 5.71. The van der Waals surface area contributed by atoms with Crippen LogP contribution in [0, 0.1) is 19.3 Å². The lowest BCUT2D eigenvalue weighted by Gasteiger charge is -2.16. The van der Waals surface area contributed by atoms with Gasteiger partial charge in [0.2, 0.25) is 0 Å². The molecule has 4 nitrogen and oxygen atoms in total. The zero-order valence-corrected chi connectivity index (χ0v) is 15.2. The highest BCUT2D eigenvalue weighted by molar-refractivity contribution is 8.18. The summed E-state index contributed by atoms with van der Waals surface area (Å²) in [6.07, 6.45) is 6.98. The average Bonchev–Trinajstić information content (AvgIpc) is 2.78. The van der Waals surface area contributed by atoms with E-state index in [0.717, 1.165) is 39.1 Å². The van der Waals surface area contributed by atoms with Crippen LogP contribution >= 0.6 is 11.8 Å². The van der Waals surface area contributed by atoms with E-state index >= 15 is 0 Å². The first-order chi connectivity index (χ1) is 11.4. The van der Waals surface area contributed by atoms with Gasteiger partial charge in [-0.2, -0.15) is 0 Å². The van der Waals surface area contributed by atoms with Crippen LogP contribution in [0.3, 0.4) is 0 Å². The summed E-state index contributed by atoms with van der Waals surface area (Å²) in [6, 6.07) is 4.01. The Hall–Kier alpha value is -2.19. The number of rotatable bonds is 5. The minimum absolute atomic E-state index is 0.00150. The van der Waals surface area contributed by atoms with E-state index in [0.29, 0.717) is 11.5 Å². The zero-order chi connectivity index (χ0) is 17.9. The van der Waals surface area contributed by atoms with Gasteiger partial charge < -0.3 is 4.74 Å². The second-order valence-corrected chi connectivity index (χ2v) is 6.80. The van der Waals surface area contributed by atoms with Gasteiger partial charge in [-0.3, -0.25) is 14.5 Å². The molecule has 0 saturated carbocycles. The van der Waals surface area contributed by atoms with Crippen LogP contribution in [0.25, 0.3) is 6.08 Å². The van der Waals surface area contributed by atoms with E-state index < -0.39 is 0 Å². The number of thioether (sulfide) groups is 1. The van der Waals surface area contributed by atoms with Crippen molar-refractivity contribution in [2.45, 2.75) is 33.6 Å². The maximum Gasteiger partial charge on any atom is 0.294 e. The molecule has 1 aromatic carbocycles. The Bertz CT molecular complexity index is 744. The van der Waals surface area contributed by atoms with Crippen LogP contribution in [0.5, 0.6) is 5.75 Å². The number of hydrogen-bond acceptors (Lipinski definition) is 4. The van der Waals surface area contributed by atoms with E-state index in [1.807, 2.05) is 26.0 Å².